The third kappa shape index (κ3) is 4.74. The number of rotatable bonds is 4. The van der Waals surface area contributed by atoms with Crippen molar-refractivity contribution in [2.24, 2.45) is 0 Å². The van der Waals surface area contributed by atoms with Gasteiger partial charge in [0.25, 0.3) is 5.91 Å². The highest BCUT2D eigenvalue weighted by Crippen LogP contribution is 1.99. The van der Waals surface area contributed by atoms with E-state index in [4.69, 9.17) is 5.21 Å². The Morgan fingerprint density at radius 2 is 2.15 bits per heavy atom. The van der Waals surface area contributed by atoms with Crippen molar-refractivity contribution in [1.29, 1.82) is 0 Å². The molecule has 0 bridgehead atoms. The molecule has 13 heavy (non-hydrogen) atoms. The molecule has 0 fully saturated rings. The van der Waals surface area contributed by atoms with E-state index in [1.165, 1.54) is 25.7 Å². The van der Waals surface area contributed by atoms with E-state index in [2.05, 4.69) is 5.32 Å². The van der Waals surface area contributed by atoms with Gasteiger partial charge >= 0.3 is 0 Å². The van der Waals surface area contributed by atoms with Gasteiger partial charge in [0.1, 0.15) is 6.04 Å². The molecule has 5 nitrogen and oxygen atoms in total. The van der Waals surface area contributed by atoms with Gasteiger partial charge in [0.05, 0.1) is 0 Å². The van der Waals surface area contributed by atoms with Crippen LogP contribution in [-0.2, 0) is 9.59 Å². The summed E-state index contributed by atoms with van der Waals surface area (Å²) in [5.41, 5.74) is 0. The highest BCUT2D eigenvalue weighted by Gasteiger charge is 2.21. The lowest BCUT2D eigenvalue weighted by molar-refractivity contribution is -0.161. The van der Waals surface area contributed by atoms with Gasteiger partial charge in [-0.05, 0) is 6.26 Å². The zero-order valence-corrected chi connectivity index (χ0v) is 8.72. The van der Waals surface area contributed by atoms with Crippen LogP contribution in [0.2, 0.25) is 0 Å². The molecule has 0 aliphatic rings. The molecule has 2 N–H and O–H groups in total. The van der Waals surface area contributed by atoms with Crippen LogP contribution in [0.1, 0.15) is 6.92 Å². The normalized spacial score (nSPS) is 12.0. The van der Waals surface area contributed by atoms with Gasteiger partial charge in [-0.2, -0.15) is 11.8 Å². The Morgan fingerprint density at radius 3 is 2.46 bits per heavy atom. The maximum absolute atomic E-state index is 11.2. The first kappa shape index (κ1) is 12.2. The second-order valence-electron chi connectivity index (χ2n) is 2.57. The van der Waals surface area contributed by atoms with Gasteiger partial charge in [-0.15, -0.1) is 0 Å². The first-order chi connectivity index (χ1) is 5.99. The van der Waals surface area contributed by atoms with Gasteiger partial charge in [-0.25, -0.2) is 5.06 Å². The first-order valence-corrected chi connectivity index (χ1v) is 5.11. The summed E-state index contributed by atoms with van der Waals surface area (Å²) in [5, 5.41) is 11.8. The maximum Gasteiger partial charge on any atom is 0.269 e. The lowest BCUT2D eigenvalue weighted by Crippen LogP contribution is -2.47. The van der Waals surface area contributed by atoms with Crippen molar-refractivity contribution in [1.82, 2.24) is 10.4 Å². The monoisotopic (exact) mass is 206 g/mol. The van der Waals surface area contributed by atoms with Crippen molar-refractivity contribution in [3.63, 3.8) is 0 Å². The fraction of sp³-hybridized carbons (Fsp3) is 0.714. The van der Waals surface area contributed by atoms with E-state index >= 15 is 0 Å². The summed E-state index contributed by atoms with van der Waals surface area (Å²) in [6.07, 6.45) is 1.82. The van der Waals surface area contributed by atoms with E-state index in [9.17, 15) is 9.59 Å². The molecule has 6 heteroatoms. The standard InChI is InChI=1S/C7H14N2O3S/c1-5(10)8-6(4-13-3)7(11)9(2)12/h6,12H,4H2,1-3H3,(H,8,10). The van der Waals surface area contributed by atoms with Gasteiger partial charge in [0, 0.05) is 19.7 Å². The number of hydroxylamine groups is 2. The Bertz CT molecular complexity index is 196. The highest BCUT2D eigenvalue weighted by atomic mass is 32.2. The molecule has 0 aromatic rings. The summed E-state index contributed by atoms with van der Waals surface area (Å²) in [5.74, 6) is -0.345. The molecule has 0 aliphatic heterocycles. The van der Waals surface area contributed by atoms with Crippen LogP contribution in [0.4, 0.5) is 0 Å². The van der Waals surface area contributed by atoms with Crippen LogP contribution in [-0.4, -0.2) is 47.2 Å². The minimum atomic E-state index is -0.650. The summed E-state index contributed by atoms with van der Waals surface area (Å²) in [6.45, 7) is 1.33. The number of hydrogen-bond donors (Lipinski definition) is 2. The number of nitrogens with one attached hydrogen (secondary N) is 1. The largest absolute Gasteiger partial charge is 0.344 e. The Kier molecular flexibility index (Phi) is 5.48. The molecule has 1 atom stereocenters. The third-order valence-electron chi connectivity index (χ3n) is 1.33. The minimum absolute atomic E-state index is 0.283. The molecule has 76 valence electrons. The van der Waals surface area contributed by atoms with E-state index < -0.39 is 11.9 Å². The fourth-order valence-electron chi connectivity index (χ4n) is 0.812. The molecule has 1 unspecified atom stereocenters. The van der Waals surface area contributed by atoms with Crippen molar-refractivity contribution >= 4 is 23.6 Å². The van der Waals surface area contributed by atoms with Gasteiger partial charge in [0.2, 0.25) is 5.91 Å². The van der Waals surface area contributed by atoms with Crippen LogP contribution in [0.3, 0.4) is 0 Å². The Balaban J connectivity index is 4.23. The number of hydrogen-bond acceptors (Lipinski definition) is 4. The molecule has 2 amide bonds. The summed E-state index contributed by atoms with van der Waals surface area (Å²) in [7, 11) is 1.23. The van der Waals surface area contributed by atoms with Crippen LogP contribution in [0.25, 0.3) is 0 Å². The average Bonchev–Trinajstić information content (AvgIpc) is 2.01. The number of carbonyl (C=O) groups is 2. The molecule has 0 saturated heterocycles. The molecule has 0 heterocycles. The van der Waals surface area contributed by atoms with Crippen molar-refractivity contribution in [3.05, 3.63) is 0 Å². The Hall–Kier alpha value is -0.750. The van der Waals surface area contributed by atoms with Crippen molar-refractivity contribution in [2.75, 3.05) is 19.1 Å². The lowest BCUT2D eigenvalue weighted by Gasteiger charge is -2.18. The van der Waals surface area contributed by atoms with E-state index in [1.807, 2.05) is 6.26 Å². The smallest absolute Gasteiger partial charge is 0.269 e. The summed E-state index contributed by atoms with van der Waals surface area (Å²) < 4.78 is 0. The molecule has 0 aromatic heterocycles. The average molecular weight is 206 g/mol. The van der Waals surface area contributed by atoms with E-state index in [0.29, 0.717) is 10.8 Å². The van der Waals surface area contributed by atoms with Crippen LogP contribution in [0.15, 0.2) is 0 Å². The molecule has 0 saturated carbocycles. The second kappa shape index (κ2) is 5.82. The number of nitrogens with zero attached hydrogens (tertiary/aromatic N) is 1. The topological polar surface area (TPSA) is 69.6 Å². The SMILES string of the molecule is CSCC(NC(C)=O)C(=O)N(C)O. The van der Waals surface area contributed by atoms with Crippen LogP contribution in [0, 0.1) is 0 Å². The predicted octanol–water partition coefficient (Wildman–Crippen LogP) is -0.298. The number of amides is 2. The third-order valence-corrected chi connectivity index (χ3v) is 1.99. The van der Waals surface area contributed by atoms with Crippen molar-refractivity contribution in [2.45, 2.75) is 13.0 Å². The van der Waals surface area contributed by atoms with Crippen molar-refractivity contribution < 1.29 is 14.8 Å². The summed E-state index contributed by atoms with van der Waals surface area (Å²) in [6, 6.07) is -0.650. The van der Waals surface area contributed by atoms with Gasteiger partial charge in [-0.3, -0.25) is 14.8 Å². The first-order valence-electron chi connectivity index (χ1n) is 3.71. The highest BCUT2D eigenvalue weighted by molar-refractivity contribution is 7.98. The number of carbonyl (C=O) groups excluding carboxylic acids is 2. The Morgan fingerprint density at radius 1 is 1.62 bits per heavy atom. The van der Waals surface area contributed by atoms with Crippen molar-refractivity contribution in [3.8, 4) is 0 Å². The number of thioether (sulfide) groups is 1. The van der Waals surface area contributed by atoms with Crippen LogP contribution in [0.5, 0.6) is 0 Å². The molecule has 0 spiro atoms. The number of likely N-dealkylation sites (N-methyl/N-ethyl adjacent to an activating group) is 1. The maximum atomic E-state index is 11.2. The van der Waals surface area contributed by atoms with E-state index in [1.54, 1.807) is 0 Å². The summed E-state index contributed by atoms with van der Waals surface area (Å²) in [4.78, 5) is 21.9. The lowest BCUT2D eigenvalue weighted by atomic mass is 10.3. The second-order valence-corrected chi connectivity index (χ2v) is 3.48. The van der Waals surface area contributed by atoms with E-state index in [-0.39, 0.29) is 5.91 Å². The Labute approximate surface area is 81.4 Å². The molecule has 0 radical (unpaired) electrons. The van der Waals surface area contributed by atoms with E-state index in [0.717, 1.165) is 0 Å². The molecular weight excluding hydrogens is 192 g/mol. The molecule has 0 aliphatic carbocycles. The predicted molar refractivity (Wildman–Crippen MR) is 50.5 cm³/mol. The molecular formula is C7H14N2O3S. The van der Waals surface area contributed by atoms with Crippen LogP contribution < -0.4 is 5.32 Å². The zero-order chi connectivity index (χ0) is 10.4. The molecule has 0 rings (SSSR count). The zero-order valence-electron chi connectivity index (χ0n) is 7.90. The fourth-order valence-corrected chi connectivity index (χ4v) is 1.37. The van der Waals surface area contributed by atoms with Gasteiger partial charge in [0.15, 0.2) is 0 Å². The quantitative estimate of drug-likeness (QED) is 0.489. The van der Waals surface area contributed by atoms with Crippen LogP contribution >= 0.6 is 11.8 Å². The molecule has 0 aromatic carbocycles. The van der Waals surface area contributed by atoms with Gasteiger partial charge < -0.3 is 5.32 Å². The summed E-state index contributed by atoms with van der Waals surface area (Å²) >= 11 is 1.42. The minimum Gasteiger partial charge on any atom is -0.344 e. The van der Waals surface area contributed by atoms with Gasteiger partial charge in [-0.1, -0.05) is 0 Å².